The van der Waals surface area contributed by atoms with Crippen molar-refractivity contribution in [2.45, 2.75) is 6.54 Å². The second-order valence-corrected chi connectivity index (χ2v) is 3.94. The van der Waals surface area contributed by atoms with Crippen molar-refractivity contribution in [1.29, 1.82) is 0 Å². The van der Waals surface area contributed by atoms with E-state index in [1.165, 1.54) is 14.2 Å². The third-order valence-corrected chi connectivity index (χ3v) is 2.64. The molecule has 20 heavy (non-hydrogen) atoms. The van der Waals surface area contributed by atoms with E-state index in [4.69, 9.17) is 9.47 Å². The van der Waals surface area contributed by atoms with Crippen LogP contribution in [0.1, 0.15) is 5.56 Å². The van der Waals surface area contributed by atoms with Gasteiger partial charge in [-0.25, -0.2) is 0 Å². The summed E-state index contributed by atoms with van der Waals surface area (Å²) < 4.78 is 10.2. The zero-order chi connectivity index (χ0) is 15.0. The lowest BCUT2D eigenvalue weighted by Crippen LogP contribution is -2.36. The van der Waals surface area contributed by atoms with Crippen LogP contribution in [0.4, 0.5) is 0 Å². The Bertz CT molecular complexity index is 462. The van der Waals surface area contributed by atoms with Gasteiger partial charge in [0.2, 0.25) is 5.75 Å². The Labute approximate surface area is 119 Å². The molecule has 0 saturated heterocycles. The lowest BCUT2D eigenvalue weighted by atomic mass is 10.2. The van der Waals surface area contributed by atoms with E-state index < -0.39 is 0 Å². The topological polar surface area (TPSA) is 75.1 Å². The number of aromatic hydroxyl groups is 1. The maximum Gasteiger partial charge on any atom is 0.200 e. The Morgan fingerprint density at radius 1 is 1.30 bits per heavy atom. The highest BCUT2D eigenvalue weighted by molar-refractivity contribution is 5.79. The van der Waals surface area contributed by atoms with Gasteiger partial charge in [-0.2, -0.15) is 0 Å². The summed E-state index contributed by atoms with van der Waals surface area (Å²) in [5.74, 6) is 1.40. The van der Waals surface area contributed by atoms with Gasteiger partial charge in [0.15, 0.2) is 17.5 Å². The molecule has 3 N–H and O–H groups in total. The van der Waals surface area contributed by atoms with Gasteiger partial charge in [-0.3, -0.25) is 4.99 Å². The van der Waals surface area contributed by atoms with E-state index in [2.05, 4.69) is 22.2 Å². The predicted octanol–water partition coefficient (Wildman–Crippen LogP) is 1.26. The molecule has 0 fully saturated rings. The molecule has 1 rings (SSSR count). The zero-order valence-corrected chi connectivity index (χ0v) is 12.1. The van der Waals surface area contributed by atoms with Crippen molar-refractivity contribution in [1.82, 2.24) is 10.6 Å². The van der Waals surface area contributed by atoms with Gasteiger partial charge < -0.3 is 25.2 Å². The quantitative estimate of drug-likeness (QED) is 0.415. The lowest BCUT2D eigenvalue weighted by Gasteiger charge is -2.13. The molecule has 0 heterocycles. The second kappa shape index (κ2) is 7.93. The van der Waals surface area contributed by atoms with E-state index in [0.717, 1.165) is 5.56 Å². The van der Waals surface area contributed by atoms with Gasteiger partial charge in [-0.05, 0) is 17.7 Å². The second-order valence-electron chi connectivity index (χ2n) is 3.94. The van der Waals surface area contributed by atoms with Gasteiger partial charge in [0.25, 0.3) is 0 Å². The zero-order valence-electron chi connectivity index (χ0n) is 12.1. The molecule has 0 amide bonds. The summed E-state index contributed by atoms with van der Waals surface area (Å²) in [6.45, 7) is 4.78. The number of ether oxygens (including phenoxy) is 2. The van der Waals surface area contributed by atoms with E-state index in [0.29, 0.717) is 30.5 Å². The Kier molecular flexibility index (Phi) is 6.22. The predicted molar refractivity (Wildman–Crippen MR) is 79.6 cm³/mol. The highest BCUT2D eigenvalue weighted by Crippen LogP contribution is 2.36. The standard InChI is InChI=1S/C14H21N3O3/c1-5-6-16-14(15-2)17-9-10-7-11(19-3)13(18)12(8-10)20-4/h5,7-8,18H,1,6,9H2,2-4H3,(H2,15,16,17). The number of guanidine groups is 1. The molecule has 1 aromatic rings. The van der Waals surface area contributed by atoms with Crippen LogP contribution in [0.15, 0.2) is 29.8 Å². The van der Waals surface area contributed by atoms with Crippen molar-refractivity contribution in [3.8, 4) is 17.2 Å². The molecule has 1 aromatic carbocycles. The molecule has 0 aromatic heterocycles. The number of hydrogen-bond donors (Lipinski definition) is 3. The van der Waals surface area contributed by atoms with Crippen LogP contribution in [-0.4, -0.2) is 38.9 Å². The molecular weight excluding hydrogens is 258 g/mol. The summed E-state index contributed by atoms with van der Waals surface area (Å²) in [5, 5.41) is 16.0. The fourth-order valence-electron chi connectivity index (χ4n) is 1.63. The fourth-order valence-corrected chi connectivity index (χ4v) is 1.63. The van der Waals surface area contributed by atoms with Crippen molar-refractivity contribution in [2.75, 3.05) is 27.8 Å². The van der Waals surface area contributed by atoms with E-state index in [-0.39, 0.29) is 5.75 Å². The van der Waals surface area contributed by atoms with Crippen LogP contribution in [0.2, 0.25) is 0 Å². The van der Waals surface area contributed by atoms with Gasteiger partial charge in [-0.15, -0.1) is 6.58 Å². The number of nitrogens with one attached hydrogen (secondary N) is 2. The molecular formula is C14H21N3O3. The van der Waals surface area contributed by atoms with Crippen LogP contribution >= 0.6 is 0 Å². The molecule has 0 bridgehead atoms. The third-order valence-electron chi connectivity index (χ3n) is 2.64. The van der Waals surface area contributed by atoms with Gasteiger partial charge in [0.1, 0.15) is 0 Å². The number of benzene rings is 1. The molecule has 0 aliphatic rings. The molecule has 0 aliphatic carbocycles. The maximum absolute atomic E-state index is 9.84. The number of aliphatic imine (C=N–C) groups is 1. The minimum Gasteiger partial charge on any atom is -0.502 e. The summed E-state index contributed by atoms with van der Waals surface area (Å²) in [6, 6.07) is 3.48. The number of methoxy groups -OCH3 is 2. The molecule has 0 spiro atoms. The molecule has 6 nitrogen and oxygen atoms in total. The highest BCUT2D eigenvalue weighted by atomic mass is 16.5. The SMILES string of the molecule is C=CCNC(=NC)NCc1cc(OC)c(O)c(OC)c1. The van der Waals surface area contributed by atoms with Crippen LogP contribution in [0.5, 0.6) is 17.2 Å². The Balaban J connectivity index is 2.79. The number of hydrogen-bond acceptors (Lipinski definition) is 4. The van der Waals surface area contributed by atoms with Crippen LogP contribution < -0.4 is 20.1 Å². The Morgan fingerprint density at radius 3 is 2.35 bits per heavy atom. The normalized spacial score (nSPS) is 10.8. The van der Waals surface area contributed by atoms with Gasteiger partial charge >= 0.3 is 0 Å². The number of nitrogens with zero attached hydrogens (tertiary/aromatic N) is 1. The molecule has 0 atom stereocenters. The number of rotatable bonds is 6. The monoisotopic (exact) mass is 279 g/mol. The molecule has 6 heteroatoms. The van der Waals surface area contributed by atoms with Crippen molar-refractivity contribution in [3.63, 3.8) is 0 Å². The average molecular weight is 279 g/mol. The number of phenolic OH excluding ortho intramolecular Hbond substituents is 1. The summed E-state index contributed by atoms with van der Waals surface area (Å²) >= 11 is 0. The fraction of sp³-hybridized carbons (Fsp3) is 0.357. The Morgan fingerprint density at radius 2 is 1.90 bits per heavy atom. The van der Waals surface area contributed by atoms with Crippen molar-refractivity contribution in [3.05, 3.63) is 30.4 Å². The third kappa shape index (κ3) is 4.08. The molecule has 110 valence electrons. The maximum atomic E-state index is 9.84. The van der Waals surface area contributed by atoms with Crippen LogP contribution in [0.3, 0.4) is 0 Å². The first-order chi connectivity index (χ1) is 9.65. The van der Waals surface area contributed by atoms with Crippen LogP contribution in [0, 0.1) is 0 Å². The van der Waals surface area contributed by atoms with Gasteiger partial charge in [0.05, 0.1) is 14.2 Å². The Hall–Kier alpha value is -2.37. The first-order valence-electron chi connectivity index (χ1n) is 6.15. The van der Waals surface area contributed by atoms with E-state index in [1.807, 2.05) is 0 Å². The molecule has 0 saturated carbocycles. The first kappa shape index (κ1) is 15.7. The summed E-state index contributed by atoms with van der Waals surface area (Å²) in [5.41, 5.74) is 0.901. The highest BCUT2D eigenvalue weighted by Gasteiger charge is 2.11. The molecule has 0 radical (unpaired) electrons. The van der Waals surface area contributed by atoms with E-state index >= 15 is 0 Å². The number of phenols is 1. The van der Waals surface area contributed by atoms with E-state index in [1.54, 1.807) is 25.3 Å². The molecule has 0 aliphatic heterocycles. The van der Waals surface area contributed by atoms with Crippen molar-refractivity contribution < 1.29 is 14.6 Å². The largest absolute Gasteiger partial charge is 0.502 e. The lowest BCUT2D eigenvalue weighted by molar-refractivity contribution is 0.339. The van der Waals surface area contributed by atoms with E-state index in [9.17, 15) is 5.11 Å². The van der Waals surface area contributed by atoms with Gasteiger partial charge in [0, 0.05) is 20.1 Å². The minimum atomic E-state index is -0.00656. The average Bonchev–Trinajstić information content (AvgIpc) is 2.48. The first-order valence-corrected chi connectivity index (χ1v) is 6.15. The summed E-state index contributed by atoms with van der Waals surface area (Å²) in [6.07, 6.45) is 1.75. The van der Waals surface area contributed by atoms with Crippen LogP contribution in [0.25, 0.3) is 0 Å². The van der Waals surface area contributed by atoms with Crippen molar-refractivity contribution in [2.24, 2.45) is 4.99 Å². The summed E-state index contributed by atoms with van der Waals surface area (Å²) in [4.78, 5) is 4.08. The smallest absolute Gasteiger partial charge is 0.200 e. The minimum absolute atomic E-state index is 0.00656. The van der Waals surface area contributed by atoms with Crippen LogP contribution in [-0.2, 0) is 6.54 Å². The summed E-state index contributed by atoms with van der Waals surface area (Å²) in [7, 11) is 4.68. The van der Waals surface area contributed by atoms with Crippen molar-refractivity contribution >= 4 is 5.96 Å². The van der Waals surface area contributed by atoms with Gasteiger partial charge in [-0.1, -0.05) is 6.08 Å². The molecule has 0 unspecified atom stereocenters.